The van der Waals surface area contributed by atoms with E-state index in [1.165, 1.54) is 44.9 Å². The van der Waals surface area contributed by atoms with E-state index < -0.39 is 0 Å². The van der Waals surface area contributed by atoms with E-state index in [0.717, 1.165) is 24.4 Å². The number of hydrogen-bond donors (Lipinski definition) is 1. The fraction of sp³-hybridized carbons (Fsp3) is 1.00. The van der Waals surface area contributed by atoms with E-state index in [1.807, 2.05) is 7.11 Å². The fourth-order valence-electron chi connectivity index (χ4n) is 5.12. The smallest absolute Gasteiger partial charge is 0.0490 e. The van der Waals surface area contributed by atoms with E-state index in [9.17, 15) is 0 Å². The summed E-state index contributed by atoms with van der Waals surface area (Å²) in [5, 5.41) is 0. The van der Waals surface area contributed by atoms with E-state index in [1.54, 1.807) is 0 Å². The van der Waals surface area contributed by atoms with Gasteiger partial charge in [0.1, 0.15) is 0 Å². The van der Waals surface area contributed by atoms with Crippen molar-refractivity contribution in [3.63, 3.8) is 0 Å². The summed E-state index contributed by atoms with van der Waals surface area (Å²) < 4.78 is 5.36. The summed E-state index contributed by atoms with van der Waals surface area (Å²) in [5.41, 5.74) is 7.07. The maximum Gasteiger partial charge on any atom is 0.0490 e. The number of nitrogens with two attached hydrogens (primary N) is 1. The molecule has 2 nitrogen and oxygen atoms in total. The Labute approximate surface area is 98.9 Å². The zero-order valence-corrected chi connectivity index (χ0v) is 10.5. The molecule has 3 aliphatic carbocycles. The molecule has 0 aromatic carbocycles. The van der Waals surface area contributed by atoms with Crippen molar-refractivity contribution in [2.24, 2.45) is 28.9 Å². The van der Waals surface area contributed by atoms with Crippen LogP contribution >= 0.6 is 0 Å². The number of rotatable bonds is 2. The van der Waals surface area contributed by atoms with E-state index >= 15 is 0 Å². The summed E-state index contributed by atoms with van der Waals surface area (Å²) >= 11 is 0. The quantitative estimate of drug-likeness (QED) is 0.781. The highest BCUT2D eigenvalue weighted by Crippen LogP contribution is 2.61. The lowest BCUT2D eigenvalue weighted by Gasteiger charge is -2.47. The van der Waals surface area contributed by atoms with Crippen LogP contribution in [0.25, 0.3) is 0 Å². The molecule has 0 aliphatic heterocycles. The molecule has 0 radical (unpaired) electrons. The third kappa shape index (κ3) is 1.46. The van der Waals surface area contributed by atoms with Gasteiger partial charge in [0.05, 0.1) is 0 Å². The standard InChI is InChI=1S/C14H25NO/c1-16-9-10-3-2-6-14(8-10)12-5-4-11(7-12)13(14)15/h10-13H,2-9,15H2,1H3/t10-,11+,12-,13+,14+/m1/s1. The molecule has 0 heterocycles. The molecule has 0 unspecified atom stereocenters. The molecule has 5 atom stereocenters. The predicted octanol–water partition coefficient (Wildman–Crippen LogP) is 2.57. The van der Waals surface area contributed by atoms with Crippen LogP contribution in [0.15, 0.2) is 0 Å². The van der Waals surface area contributed by atoms with Crippen LogP contribution < -0.4 is 5.73 Å². The second-order valence-corrected chi connectivity index (χ2v) is 6.45. The minimum absolute atomic E-state index is 0.505. The maximum atomic E-state index is 6.55. The summed E-state index contributed by atoms with van der Waals surface area (Å²) in [7, 11) is 1.84. The Morgan fingerprint density at radius 1 is 1.31 bits per heavy atom. The van der Waals surface area contributed by atoms with Gasteiger partial charge in [0.2, 0.25) is 0 Å². The van der Waals surface area contributed by atoms with Crippen LogP contribution in [0.2, 0.25) is 0 Å². The Hall–Kier alpha value is -0.0800. The summed E-state index contributed by atoms with van der Waals surface area (Å²) in [6.07, 6.45) is 9.78. The number of fused-ring (bicyclic) bond motifs is 3. The van der Waals surface area contributed by atoms with E-state index in [2.05, 4.69) is 0 Å². The number of methoxy groups -OCH3 is 1. The van der Waals surface area contributed by atoms with Gasteiger partial charge in [0.25, 0.3) is 0 Å². The Bertz CT molecular complexity index is 261. The highest BCUT2D eigenvalue weighted by molar-refractivity contribution is 5.10. The summed E-state index contributed by atoms with van der Waals surface area (Å²) in [4.78, 5) is 0. The van der Waals surface area contributed by atoms with Crippen LogP contribution in [-0.2, 0) is 4.74 Å². The summed E-state index contributed by atoms with van der Waals surface area (Å²) in [6.45, 7) is 0.950. The molecule has 3 aliphatic rings. The fourth-order valence-corrected chi connectivity index (χ4v) is 5.12. The minimum atomic E-state index is 0.505. The molecule has 0 saturated heterocycles. The molecular weight excluding hydrogens is 198 g/mol. The average molecular weight is 223 g/mol. The predicted molar refractivity (Wildman–Crippen MR) is 65.1 cm³/mol. The lowest BCUT2D eigenvalue weighted by Crippen LogP contribution is -2.49. The van der Waals surface area contributed by atoms with Crippen molar-refractivity contribution < 1.29 is 4.74 Å². The van der Waals surface area contributed by atoms with Crippen molar-refractivity contribution in [1.29, 1.82) is 0 Å². The number of ether oxygens (including phenoxy) is 1. The summed E-state index contributed by atoms with van der Waals surface area (Å²) in [5.74, 6) is 2.59. The van der Waals surface area contributed by atoms with Gasteiger partial charge in [-0.15, -0.1) is 0 Å². The molecule has 2 N–H and O–H groups in total. The van der Waals surface area contributed by atoms with Gasteiger partial charge in [0, 0.05) is 19.8 Å². The third-order valence-corrected chi connectivity index (χ3v) is 5.78. The van der Waals surface area contributed by atoms with Crippen LogP contribution in [0, 0.1) is 23.2 Å². The van der Waals surface area contributed by atoms with Crippen molar-refractivity contribution in [3.8, 4) is 0 Å². The van der Waals surface area contributed by atoms with Gasteiger partial charge < -0.3 is 10.5 Å². The van der Waals surface area contributed by atoms with Crippen LogP contribution in [0.3, 0.4) is 0 Å². The van der Waals surface area contributed by atoms with Gasteiger partial charge >= 0.3 is 0 Å². The van der Waals surface area contributed by atoms with Gasteiger partial charge in [-0.1, -0.05) is 6.42 Å². The van der Waals surface area contributed by atoms with Crippen molar-refractivity contribution in [2.75, 3.05) is 13.7 Å². The zero-order chi connectivity index (χ0) is 11.2. The monoisotopic (exact) mass is 223 g/mol. The molecule has 3 rings (SSSR count). The van der Waals surface area contributed by atoms with Crippen molar-refractivity contribution >= 4 is 0 Å². The first-order valence-electron chi connectivity index (χ1n) is 7.01. The first kappa shape index (κ1) is 11.0. The molecule has 2 heteroatoms. The lowest BCUT2D eigenvalue weighted by molar-refractivity contribution is 0.0196. The molecular formula is C14H25NO. The van der Waals surface area contributed by atoms with Crippen molar-refractivity contribution in [3.05, 3.63) is 0 Å². The van der Waals surface area contributed by atoms with Gasteiger partial charge in [-0.05, 0) is 61.7 Å². The first-order chi connectivity index (χ1) is 7.76. The van der Waals surface area contributed by atoms with Crippen LogP contribution in [0.1, 0.15) is 44.9 Å². The molecule has 92 valence electrons. The lowest BCUT2D eigenvalue weighted by atomic mass is 9.60. The largest absolute Gasteiger partial charge is 0.384 e. The van der Waals surface area contributed by atoms with Crippen LogP contribution in [0.5, 0.6) is 0 Å². The zero-order valence-electron chi connectivity index (χ0n) is 10.5. The Kier molecular flexibility index (Phi) is 2.75. The summed E-state index contributed by atoms with van der Waals surface area (Å²) in [6, 6.07) is 0.505. The topological polar surface area (TPSA) is 35.2 Å². The van der Waals surface area contributed by atoms with Gasteiger partial charge in [-0.25, -0.2) is 0 Å². The molecule has 0 aromatic rings. The second-order valence-electron chi connectivity index (χ2n) is 6.45. The Morgan fingerprint density at radius 2 is 2.19 bits per heavy atom. The molecule has 1 spiro atoms. The Morgan fingerprint density at radius 3 is 2.88 bits per heavy atom. The van der Waals surface area contributed by atoms with Crippen molar-refractivity contribution in [2.45, 2.75) is 51.0 Å². The van der Waals surface area contributed by atoms with Gasteiger partial charge in [0.15, 0.2) is 0 Å². The molecule has 2 bridgehead atoms. The normalized spacial score (nSPS) is 51.4. The van der Waals surface area contributed by atoms with Gasteiger partial charge in [-0.2, -0.15) is 0 Å². The SMILES string of the molecule is COC[C@@H]1CCC[C@]2(C1)[C@@H]1CC[C@@H](C1)[C@@H]2N. The first-order valence-corrected chi connectivity index (χ1v) is 7.01. The van der Waals surface area contributed by atoms with E-state index in [-0.39, 0.29) is 0 Å². The molecule has 16 heavy (non-hydrogen) atoms. The van der Waals surface area contributed by atoms with Crippen molar-refractivity contribution in [1.82, 2.24) is 0 Å². The van der Waals surface area contributed by atoms with Gasteiger partial charge in [-0.3, -0.25) is 0 Å². The van der Waals surface area contributed by atoms with E-state index in [0.29, 0.717) is 11.5 Å². The molecule has 3 saturated carbocycles. The van der Waals surface area contributed by atoms with E-state index in [4.69, 9.17) is 10.5 Å². The number of hydrogen-bond acceptors (Lipinski definition) is 2. The highest BCUT2D eigenvalue weighted by atomic mass is 16.5. The maximum absolute atomic E-state index is 6.55. The molecule has 0 amide bonds. The van der Waals surface area contributed by atoms with Crippen LogP contribution in [-0.4, -0.2) is 19.8 Å². The molecule has 0 aromatic heterocycles. The third-order valence-electron chi connectivity index (χ3n) is 5.78. The Balaban J connectivity index is 1.77. The highest BCUT2D eigenvalue weighted by Gasteiger charge is 2.57. The molecule has 3 fully saturated rings. The average Bonchev–Trinajstić information content (AvgIpc) is 2.84. The van der Waals surface area contributed by atoms with Crippen LogP contribution in [0.4, 0.5) is 0 Å². The second kappa shape index (κ2) is 3.99. The minimum Gasteiger partial charge on any atom is -0.384 e.